The molecule has 2 aliphatic rings. The average molecular weight is 270 g/mol. The van der Waals surface area contributed by atoms with Crippen molar-refractivity contribution >= 4 is 5.91 Å². The number of hydrogen-bond acceptors (Lipinski definition) is 4. The van der Waals surface area contributed by atoms with Crippen LogP contribution in [0.25, 0.3) is 0 Å². The number of nitrogens with zero attached hydrogens (tertiary/aromatic N) is 3. The zero-order valence-corrected chi connectivity index (χ0v) is 11.4. The van der Waals surface area contributed by atoms with Gasteiger partial charge in [0.15, 0.2) is 0 Å². The number of carbonyl (C=O) groups excluding carboxylic acids is 1. The zero-order chi connectivity index (χ0) is 13.9. The summed E-state index contributed by atoms with van der Waals surface area (Å²) in [6.45, 7) is 2.58. The van der Waals surface area contributed by atoms with Crippen molar-refractivity contribution in [2.24, 2.45) is 5.92 Å². The number of nitriles is 1. The van der Waals surface area contributed by atoms with Crippen molar-refractivity contribution in [2.75, 3.05) is 13.1 Å². The number of likely N-dealkylation sites (tertiary alicyclic amines) is 1. The number of nitrogens with one attached hydrogen (secondary N) is 1. The SMILES string of the molecule is N#Cc1cc(CN2C(=O)CCC3CNCCC32)ccn1. The van der Waals surface area contributed by atoms with Crippen LogP contribution >= 0.6 is 0 Å². The standard InChI is InChI=1S/C15H18N4O/c16-8-13-7-11(3-6-18-13)10-19-14-4-5-17-9-12(14)1-2-15(19)20/h3,6-7,12,14,17H,1-2,4-5,9-10H2. The maximum Gasteiger partial charge on any atom is 0.223 e. The normalized spacial score (nSPS) is 25.9. The van der Waals surface area contributed by atoms with E-state index in [4.69, 9.17) is 5.26 Å². The van der Waals surface area contributed by atoms with Gasteiger partial charge in [0.25, 0.3) is 0 Å². The highest BCUT2D eigenvalue weighted by Gasteiger charge is 2.36. The van der Waals surface area contributed by atoms with Gasteiger partial charge in [0.2, 0.25) is 5.91 Å². The molecule has 5 nitrogen and oxygen atoms in total. The number of fused-ring (bicyclic) bond motifs is 1. The van der Waals surface area contributed by atoms with E-state index < -0.39 is 0 Å². The van der Waals surface area contributed by atoms with Crippen LogP contribution in [0.15, 0.2) is 18.3 Å². The molecule has 1 N–H and O–H groups in total. The molecule has 1 amide bonds. The number of carbonyl (C=O) groups is 1. The molecule has 0 radical (unpaired) electrons. The van der Waals surface area contributed by atoms with Gasteiger partial charge in [0.1, 0.15) is 11.8 Å². The molecule has 2 fully saturated rings. The predicted octanol–water partition coefficient (Wildman–Crippen LogP) is 1.05. The van der Waals surface area contributed by atoms with Crippen LogP contribution in [0.5, 0.6) is 0 Å². The van der Waals surface area contributed by atoms with Crippen LogP contribution in [-0.2, 0) is 11.3 Å². The van der Waals surface area contributed by atoms with Gasteiger partial charge in [-0.2, -0.15) is 5.26 Å². The number of pyridine rings is 1. The second-order valence-corrected chi connectivity index (χ2v) is 5.54. The van der Waals surface area contributed by atoms with Crippen LogP contribution < -0.4 is 5.32 Å². The van der Waals surface area contributed by atoms with E-state index in [9.17, 15) is 4.79 Å². The fourth-order valence-corrected chi connectivity index (χ4v) is 3.29. The van der Waals surface area contributed by atoms with E-state index in [-0.39, 0.29) is 5.91 Å². The first-order valence-electron chi connectivity index (χ1n) is 7.13. The molecule has 0 aliphatic carbocycles. The molecule has 0 spiro atoms. The van der Waals surface area contributed by atoms with Gasteiger partial charge in [-0.3, -0.25) is 4.79 Å². The zero-order valence-electron chi connectivity index (χ0n) is 11.4. The molecule has 1 aromatic heterocycles. The van der Waals surface area contributed by atoms with E-state index in [1.165, 1.54) is 0 Å². The predicted molar refractivity (Wildman–Crippen MR) is 73.5 cm³/mol. The van der Waals surface area contributed by atoms with Gasteiger partial charge in [-0.15, -0.1) is 0 Å². The van der Waals surface area contributed by atoms with Gasteiger partial charge in [-0.1, -0.05) is 0 Å². The number of hydrogen-bond donors (Lipinski definition) is 1. The van der Waals surface area contributed by atoms with Crippen LogP contribution in [0, 0.1) is 17.2 Å². The van der Waals surface area contributed by atoms with Crippen LogP contribution in [0.3, 0.4) is 0 Å². The van der Waals surface area contributed by atoms with Crippen molar-refractivity contribution in [3.63, 3.8) is 0 Å². The van der Waals surface area contributed by atoms with Crippen LogP contribution in [0.2, 0.25) is 0 Å². The molecule has 0 aromatic carbocycles. The van der Waals surface area contributed by atoms with Crippen molar-refractivity contribution in [1.82, 2.24) is 15.2 Å². The van der Waals surface area contributed by atoms with E-state index in [0.29, 0.717) is 30.6 Å². The Morgan fingerprint density at radius 2 is 2.40 bits per heavy atom. The van der Waals surface area contributed by atoms with Crippen molar-refractivity contribution < 1.29 is 4.79 Å². The highest BCUT2D eigenvalue weighted by atomic mass is 16.2. The Bertz CT molecular complexity index is 551. The van der Waals surface area contributed by atoms with Crippen molar-refractivity contribution in [3.05, 3.63) is 29.6 Å². The minimum Gasteiger partial charge on any atom is -0.335 e. The van der Waals surface area contributed by atoms with E-state index >= 15 is 0 Å². The molecule has 1 aromatic rings. The lowest BCUT2D eigenvalue weighted by atomic mass is 9.84. The molecule has 5 heteroatoms. The summed E-state index contributed by atoms with van der Waals surface area (Å²) in [5.74, 6) is 0.808. The Kier molecular flexibility index (Phi) is 3.66. The summed E-state index contributed by atoms with van der Waals surface area (Å²) in [5, 5.41) is 12.3. The number of piperidine rings is 2. The molecule has 2 atom stereocenters. The highest BCUT2D eigenvalue weighted by molar-refractivity contribution is 5.77. The minimum atomic E-state index is 0.239. The van der Waals surface area contributed by atoms with Gasteiger partial charge in [0.05, 0.1) is 0 Å². The van der Waals surface area contributed by atoms with Gasteiger partial charge < -0.3 is 10.2 Å². The van der Waals surface area contributed by atoms with E-state index in [2.05, 4.69) is 10.3 Å². The van der Waals surface area contributed by atoms with E-state index in [1.807, 2.05) is 17.0 Å². The Balaban J connectivity index is 1.79. The molecule has 3 heterocycles. The van der Waals surface area contributed by atoms with E-state index in [0.717, 1.165) is 31.5 Å². The Morgan fingerprint density at radius 1 is 1.50 bits per heavy atom. The lowest BCUT2D eigenvalue weighted by Gasteiger charge is -2.44. The molecule has 2 aliphatic heterocycles. The number of amides is 1. The second-order valence-electron chi connectivity index (χ2n) is 5.54. The lowest BCUT2D eigenvalue weighted by molar-refractivity contribution is -0.140. The van der Waals surface area contributed by atoms with Crippen molar-refractivity contribution in [3.8, 4) is 6.07 Å². The minimum absolute atomic E-state index is 0.239. The smallest absolute Gasteiger partial charge is 0.223 e. The Labute approximate surface area is 118 Å². The fraction of sp³-hybridized carbons (Fsp3) is 0.533. The summed E-state index contributed by atoms with van der Waals surface area (Å²) in [4.78, 5) is 18.2. The first kappa shape index (κ1) is 13.1. The van der Waals surface area contributed by atoms with E-state index in [1.54, 1.807) is 12.3 Å². The van der Waals surface area contributed by atoms with Crippen molar-refractivity contribution in [1.29, 1.82) is 5.26 Å². The number of rotatable bonds is 2. The molecular formula is C15H18N4O. The maximum absolute atomic E-state index is 12.2. The maximum atomic E-state index is 12.2. The Hall–Kier alpha value is -1.93. The monoisotopic (exact) mass is 270 g/mol. The molecule has 104 valence electrons. The molecular weight excluding hydrogens is 252 g/mol. The number of aromatic nitrogens is 1. The average Bonchev–Trinajstić information content (AvgIpc) is 2.50. The lowest BCUT2D eigenvalue weighted by Crippen LogP contribution is -2.54. The summed E-state index contributed by atoms with van der Waals surface area (Å²) >= 11 is 0. The quantitative estimate of drug-likeness (QED) is 0.872. The summed E-state index contributed by atoms with van der Waals surface area (Å²) in [6, 6.07) is 6.05. The first-order valence-corrected chi connectivity index (χ1v) is 7.13. The molecule has 20 heavy (non-hydrogen) atoms. The fourth-order valence-electron chi connectivity index (χ4n) is 3.29. The molecule has 2 saturated heterocycles. The van der Waals surface area contributed by atoms with Crippen molar-refractivity contribution in [2.45, 2.75) is 31.8 Å². The molecule has 0 saturated carbocycles. The van der Waals surface area contributed by atoms with Crippen LogP contribution in [0.1, 0.15) is 30.5 Å². The molecule has 3 rings (SSSR count). The van der Waals surface area contributed by atoms with Gasteiger partial charge >= 0.3 is 0 Å². The Morgan fingerprint density at radius 3 is 3.25 bits per heavy atom. The van der Waals surface area contributed by atoms with Gasteiger partial charge in [-0.25, -0.2) is 4.98 Å². The largest absolute Gasteiger partial charge is 0.335 e. The van der Waals surface area contributed by atoms with Gasteiger partial charge in [0, 0.05) is 25.2 Å². The summed E-state index contributed by atoms with van der Waals surface area (Å²) in [7, 11) is 0. The topological polar surface area (TPSA) is 69.0 Å². The third kappa shape index (κ3) is 2.52. The summed E-state index contributed by atoms with van der Waals surface area (Å²) in [6.07, 6.45) is 4.29. The summed E-state index contributed by atoms with van der Waals surface area (Å²) < 4.78 is 0. The first-order chi connectivity index (χ1) is 9.78. The molecule has 2 unspecified atom stereocenters. The summed E-state index contributed by atoms with van der Waals surface area (Å²) in [5.41, 5.74) is 1.40. The third-order valence-electron chi connectivity index (χ3n) is 4.31. The van der Waals surface area contributed by atoms with Crippen LogP contribution in [-0.4, -0.2) is 34.9 Å². The highest BCUT2D eigenvalue weighted by Crippen LogP contribution is 2.29. The molecule has 0 bridgehead atoms. The van der Waals surface area contributed by atoms with Gasteiger partial charge in [-0.05, 0) is 49.5 Å². The second kappa shape index (κ2) is 5.59. The van der Waals surface area contributed by atoms with Crippen LogP contribution in [0.4, 0.5) is 0 Å². The third-order valence-corrected chi connectivity index (χ3v) is 4.31.